The quantitative estimate of drug-likeness (QED) is 0.667. The van der Waals surface area contributed by atoms with E-state index in [1.165, 1.54) is 52.0 Å². The van der Waals surface area contributed by atoms with Crippen molar-refractivity contribution in [2.75, 3.05) is 38.5 Å². The minimum atomic E-state index is 0.863. The van der Waals surface area contributed by atoms with Gasteiger partial charge in [-0.05, 0) is 38.9 Å². The molecule has 2 saturated heterocycles. The smallest absolute Gasteiger partial charge is 0.0223 e. The Morgan fingerprint density at radius 3 is 2.85 bits per heavy atom. The Balaban J connectivity index is 1.89. The molecule has 0 aromatic carbocycles. The lowest BCUT2D eigenvalue weighted by Crippen LogP contribution is -2.37. The number of hydrogen-bond acceptors (Lipinski definition) is 3. The first kappa shape index (κ1) is 9.81. The zero-order chi connectivity index (χ0) is 9.10. The van der Waals surface area contributed by atoms with Gasteiger partial charge in [0, 0.05) is 24.9 Å². The summed E-state index contributed by atoms with van der Waals surface area (Å²) in [4.78, 5) is 5.27. The molecule has 0 aliphatic carbocycles. The van der Waals surface area contributed by atoms with Gasteiger partial charge in [-0.25, -0.2) is 0 Å². The van der Waals surface area contributed by atoms with Crippen molar-refractivity contribution in [3.8, 4) is 0 Å². The molecule has 0 bridgehead atoms. The standard InChI is InChI=1S/C10H20N2S/c13-8-7-11-4-2-6-12-5-1-3-10(12)9-11/h10,13H,1-9H2. The van der Waals surface area contributed by atoms with Gasteiger partial charge in [-0.1, -0.05) is 0 Å². The van der Waals surface area contributed by atoms with Gasteiger partial charge in [0.2, 0.25) is 0 Å². The SMILES string of the molecule is SCCN1CCCN2CCCC2C1. The van der Waals surface area contributed by atoms with E-state index < -0.39 is 0 Å². The third kappa shape index (κ3) is 2.39. The van der Waals surface area contributed by atoms with Crippen LogP contribution in [0.5, 0.6) is 0 Å². The molecule has 3 heteroatoms. The van der Waals surface area contributed by atoms with Crippen molar-refractivity contribution >= 4 is 12.6 Å². The molecule has 0 saturated carbocycles. The number of rotatable bonds is 2. The van der Waals surface area contributed by atoms with Crippen molar-refractivity contribution in [2.24, 2.45) is 0 Å². The molecular weight excluding hydrogens is 180 g/mol. The maximum Gasteiger partial charge on any atom is 0.0223 e. The molecule has 2 aliphatic rings. The van der Waals surface area contributed by atoms with Gasteiger partial charge in [-0.2, -0.15) is 12.6 Å². The van der Waals surface area contributed by atoms with E-state index in [1.54, 1.807) is 0 Å². The molecule has 0 aromatic heterocycles. The van der Waals surface area contributed by atoms with Gasteiger partial charge in [-0.15, -0.1) is 0 Å². The molecule has 0 aromatic rings. The first-order valence-electron chi connectivity index (χ1n) is 5.47. The van der Waals surface area contributed by atoms with Crippen LogP contribution in [-0.2, 0) is 0 Å². The van der Waals surface area contributed by atoms with Crippen molar-refractivity contribution in [1.82, 2.24) is 9.80 Å². The van der Waals surface area contributed by atoms with Gasteiger partial charge < -0.3 is 4.90 Å². The summed E-state index contributed by atoms with van der Waals surface area (Å²) in [5.41, 5.74) is 0. The van der Waals surface area contributed by atoms with Crippen LogP contribution in [-0.4, -0.2) is 54.3 Å². The summed E-state index contributed by atoms with van der Waals surface area (Å²) in [6.07, 6.45) is 4.19. The number of nitrogens with zero attached hydrogens (tertiary/aromatic N) is 2. The predicted molar refractivity (Wildman–Crippen MR) is 59.5 cm³/mol. The van der Waals surface area contributed by atoms with E-state index in [4.69, 9.17) is 0 Å². The molecule has 2 fully saturated rings. The lowest BCUT2D eigenvalue weighted by Gasteiger charge is -2.24. The zero-order valence-corrected chi connectivity index (χ0v) is 9.18. The second-order valence-corrected chi connectivity index (χ2v) is 4.66. The molecule has 76 valence electrons. The van der Waals surface area contributed by atoms with Crippen LogP contribution in [0.15, 0.2) is 0 Å². The van der Waals surface area contributed by atoms with Gasteiger partial charge >= 0.3 is 0 Å². The summed E-state index contributed by atoms with van der Waals surface area (Å²) in [6.45, 7) is 6.43. The van der Waals surface area contributed by atoms with E-state index >= 15 is 0 Å². The predicted octanol–water partition coefficient (Wildman–Crippen LogP) is 1.09. The van der Waals surface area contributed by atoms with Crippen LogP contribution in [0.2, 0.25) is 0 Å². The molecule has 0 amide bonds. The molecule has 13 heavy (non-hydrogen) atoms. The Labute approximate surface area is 86.7 Å². The van der Waals surface area contributed by atoms with Gasteiger partial charge in [-0.3, -0.25) is 4.90 Å². The van der Waals surface area contributed by atoms with E-state index in [0.29, 0.717) is 0 Å². The topological polar surface area (TPSA) is 6.48 Å². The Morgan fingerprint density at radius 2 is 2.00 bits per heavy atom. The molecule has 2 nitrogen and oxygen atoms in total. The van der Waals surface area contributed by atoms with Crippen molar-refractivity contribution in [3.05, 3.63) is 0 Å². The van der Waals surface area contributed by atoms with E-state index in [0.717, 1.165) is 11.8 Å². The largest absolute Gasteiger partial charge is 0.301 e. The van der Waals surface area contributed by atoms with Gasteiger partial charge in [0.25, 0.3) is 0 Å². The fraction of sp³-hybridized carbons (Fsp3) is 1.00. The normalized spacial score (nSPS) is 31.6. The van der Waals surface area contributed by atoms with Crippen molar-refractivity contribution < 1.29 is 0 Å². The lowest BCUT2D eigenvalue weighted by atomic mass is 10.2. The maximum absolute atomic E-state index is 4.31. The fourth-order valence-electron chi connectivity index (χ4n) is 2.63. The fourth-order valence-corrected chi connectivity index (χ4v) is 2.91. The molecule has 2 aliphatic heterocycles. The van der Waals surface area contributed by atoms with Crippen molar-refractivity contribution in [1.29, 1.82) is 0 Å². The summed E-state index contributed by atoms with van der Waals surface area (Å²) >= 11 is 4.31. The van der Waals surface area contributed by atoms with Crippen LogP contribution in [0.25, 0.3) is 0 Å². The molecule has 0 N–H and O–H groups in total. The molecule has 2 heterocycles. The summed E-state index contributed by atoms with van der Waals surface area (Å²) in [6, 6.07) is 0.863. The van der Waals surface area contributed by atoms with Crippen LogP contribution >= 0.6 is 12.6 Å². The molecule has 1 unspecified atom stereocenters. The number of hydrogen-bond donors (Lipinski definition) is 1. The average molecular weight is 200 g/mol. The van der Waals surface area contributed by atoms with Crippen LogP contribution in [0.1, 0.15) is 19.3 Å². The Morgan fingerprint density at radius 1 is 1.15 bits per heavy atom. The lowest BCUT2D eigenvalue weighted by molar-refractivity contribution is 0.227. The molecule has 2 rings (SSSR count). The minimum Gasteiger partial charge on any atom is -0.301 e. The van der Waals surface area contributed by atoms with Crippen LogP contribution in [0.3, 0.4) is 0 Å². The summed E-state index contributed by atoms with van der Waals surface area (Å²) in [5.74, 6) is 1.01. The monoisotopic (exact) mass is 200 g/mol. The second kappa shape index (κ2) is 4.67. The van der Waals surface area contributed by atoms with E-state index in [-0.39, 0.29) is 0 Å². The van der Waals surface area contributed by atoms with Crippen LogP contribution in [0, 0.1) is 0 Å². The minimum absolute atomic E-state index is 0.863. The molecular formula is C10H20N2S. The third-order valence-electron chi connectivity index (χ3n) is 3.30. The van der Waals surface area contributed by atoms with Gasteiger partial charge in [0.15, 0.2) is 0 Å². The molecule has 0 spiro atoms. The van der Waals surface area contributed by atoms with E-state index in [9.17, 15) is 0 Å². The van der Waals surface area contributed by atoms with Gasteiger partial charge in [0.1, 0.15) is 0 Å². The summed E-state index contributed by atoms with van der Waals surface area (Å²) in [5, 5.41) is 0. The highest BCUT2D eigenvalue weighted by Crippen LogP contribution is 2.20. The third-order valence-corrected chi connectivity index (χ3v) is 3.50. The molecule has 1 atom stereocenters. The molecule has 0 radical (unpaired) electrons. The Hall–Kier alpha value is 0.270. The summed E-state index contributed by atoms with van der Waals surface area (Å²) in [7, 11) is 0. The Bertz CT molecular complexity index is 163. The number of fused-ring (bicyclic) bond motifs is 1. The van der Waals surface area contributed by atoms with Crippen LogP contribution < -0.4 is 0 Å². The van der Waals surface area contributed by atoms with E-state index in [2.05, 4.69) is 22.4 Å². The first-order valence-corrected chi connectivity index (χ1v) is 6.10. The van der Waals surface area contributed by atoms with E-state index in [1.807, 2.05) is 0 Å². The highest BCUT2D eigenvalue weighted by atomic mass is 32.1. The highest BCUT2D eigenvalue weighted by molar-refractivity contribution is 7.80. The Kier molecular flexibility index (Phi) is 3.52. The maximum atomic E-state index is 4.31. The second-order valence-electron chi connectivity index (χ2n) is 4.21. The first-order chi connectivity index (χ1) is 6.40. The van der Waals surface area contributed by atoms with Crippen molar-refractivity contribution in [2.45, 2.75) is 25.3 Å². The number of thiol groups is 1. The average Bonchev–Trinajstić information content (AvgIpc) is 2.46. The van der Waals surface area contributed by atoms with Crippen molar-refractivity contribution in [3.63, 3.8) is 0 Å². The van der Waals surface area contributed by atoms with Crippen LogP contribution in [0.4, 0.5) is 0 Å². The zero-order valence-electron chi connectivity index (χ0n) is 8.28. The summed E-state index contributed by atoms with van der Waals surface area (Å²) < 4.78 is 0. The van der Waals surface area contributed by atoms with Gasteiger partial charge in [0.05, 0.1) is 0 Å². The highest BCUT2D eigenvalue weighted by Gasteiger charge is 2.27.